The first-order valence-corrected chi connectivity index (χ1v) is 9.02. The summed E-state index contributed by atoms with van der Waals surface area (Å²) < 4.78 is 7.75. The molecule has 0 aliphatic carbocycles. The molecule has 4 heteroatoms. The third-order valence-corrected chi connectivity index (χ3v) is 8.90. The van der Waals surface area contributed by atoms with E-state index in [0.717, 1.165) is 25.2 Å². The van der Waals surface area contributed by atoms with Crippen LogP contribution in [0.3, 0.4) is 0 Å². The van der Waals surface area contributed by atoms with Crippen LogP contribution < -0.4 is 0 Å². The van der Waals surface area contributed by atoms with E-state index in [1.807, 2.05) is 25.3 Å². The molecule has 1 heterocycles. The summed E-state index contributed by atoms with van der Waals surface area (Å²) in [6, 6.07) is 3.81. The van der Waals surface area contributed by atoms with Crippen molar-refractivity contribution in [1.82, 2.24) is 4.23 Å². The Kier molecular flexibility index (Phi) is 4.33. The molecular weight excluding hydrogens is 230 g/mol. The fourth-order valence-corrected chi connectivity index (χ4v) is 4.20. The molecule has 0 fully saturated rings. The summed E-state index contributed by atoms with van der Waals surface area (Å²) in [4.78, 5) is 11.0. The third-order valence-electron chi connectivity index (χ3n) is 3.83. The minimum atomic E-state index is -1.80. The average Bonchev–Trinajstić information content (AvgIpc) is 2.74. The lowest BCUT2D eigenvalue weighted by Crippen LogP contribution is -2.49. The first kappa shape index (κ1) is 14.2. The van der Waals surface area contributed by atoms with Crippen molar-refractivity contribution in [1.29, 1.82) is 0 Å². The molecule has 0 saturated carbocycles. The fourth-order valence-electron chi connectivity index (χ4n) is 1.86. The maximum Gasteiger partial charge on any atom is 0.165 e. The van der Waals surface area contributed by atoms with Crippen LogP contribution in [0.4, 0.5) is 0 Å². The Balaban J connectivity index is 3.04. The minimum Gasteiger partial charge on any atom is -0.381 e. The molecule has 0 amide bonds. The number of nitrogens with zero attached hydrogens (tertiary/aromatic N) is 1. The molecule has 1 rings (SSSR count). The van der Waals surface area contributed by atoms with Crippen LogP contribution in [0.2, 0.25) is 18.1 Å². The molecular formula is C13H23NO2Si. The van der Waals surface area contributed by atoms with Gasteiger partial charge in [0.1, 0.15) is 0 Å². The quantitative estimate of drug-likeness (QED) is 0.576. The van der Waals surface area contributed by atoms with Crippen LogP contribution in [0.25, 0.3) is 0 Å². The van der Waals surface area contributed by atoms with Crippen molar-refractivity contribution < 1.29 is 9.53 Å². The second kappa shape index (κ2) is 5.19. The molecule has 0 unspecified atom stereocenters. The molecule has 17 heavy (non-hydrogen) atoms. The van der Waals surface area contributed by atoms with Crippen LogP contribution >= 0.6 is 0 Å². The summed E-state index contributed by atoms with van der Waals surface area (Å²) in [5.41, 5.74) is 0.770. The summed E-state index contributed by atoms with van der Waals surface area (Å²) >= 11 is 0. The van der Waals surface area contributed by atoms with Gasteiger partial charge in [-0.25, -0.2) is 0 Å². The van der Waals surface area contributed by atoms with E-state index in [-0.39, 0.29) is 5.04 Å². The lowest BCUT2D eigenvalue weighted by atomic mass is 10.2. The van der Waals surface area contributed by atoms with Gasteiger partial charge >= 0.3 is 0 Å². The Morgan fingerprint density at radius 3 is 2.65 bits per heavy atom. The van der Waals surface area contributed by atoms with Crippen LogP contribution in [-0.4, -0.2) is 32.0 Å². The van der Waals surface area contributed by atoms with Gasteiger partial charge in [0.2, 0.25) is 0 Å². The molecule has 96 valence electrons. The number of carbonyl (C=O) groups is 1. The highest BCUT2D eigenvalue weighted by Gasteiger charge is 2.42. The van der Waals surface area contributed by atoms with Crippen LogP contribution in [0.1, 0.15) is 31.3 Å². The Morgan fingerprint density at radius 1 is 1.47 bits per heavy atom. The normalized spacial score (nSPS) is 12.8. The van der Waals surface area contributed by atoms with E-state index in [2.05, 4.69) is 31.2 Å². The smallest absolute Gasteiger partial charge is 0.165 e. The van der Waals surface area contributed by atoms with Gasteiger partial charge in [0.15, 0.2) is 14.5 Å². The van der Waals surface area contributed by atoms with Crippen molar-refractivity contribution in [3.05, 3.63) is 24.0 Å². The van der Waals surface area contributed by atoms with Crippen molar-refractivity contribution in [2.75, 3.05) is 13.2 Å². The molecule has 0 atom stereocenters. The third kappa shape index (κ3) is 2.69. The molecule has 0 aromatic carbocycles. The molecule has 0 saturated heterocycles. The topological polar surface area (TPSA) is 31.2 Å². The predicted molar refractivity (Wildman–Crippen MR) is 73.2 cm³/mol. The van der Waals surface area contributed by atoms with E-state index in [9.17, 15) is 4.79 Å². The number of carbonyl (C=O) groups excluding carboxylic acids is 1. The number of hydrogen-bond donors (Lipinski definition) is 0. The molecule has 0 aliphatic rings. The van der Waals surface area contributed by atoms with Crippen molar-refractivity contribution in [2.24, 2.45) is 0 Å². The van der Waals surface area contributed by atoms with E-state index >= 15 is 0 Å². The summed E-state index contributed by atoms with van der Waals surface area (Å²) in [5.74, 6) is 0. The monoisotopic (exact) mass is 253 g/mol. The zero-order valence-electron chi connectivity index (χ0n) is 11.5. The van der Waals surface area contributed by atoms with E-state index < -0.39 is 8.24 Å². The zero-order valence-corrected chi connectivity index (χ0v) is 12.5. The second-order valence-electron chi connectivity index (χ2n) is 5.50. The Labute approximate surface area is 105 Å². The second-order valence-corrected chi connectivity index (χ2v) is 10.5. The highest BCUT2D eigenvalue weighted by molar-refractivity contribution is 6.79. The number of aromatic nitrogens is 1. The SMILES string of the molecule is CCOCC(C)(C)[Si](C)(C)n1cccc1C=O. The highest BCUT2D eigenvalue weighted by atomic mass is 28.3. The van der Waals surface area contributed by atoms with E-state index in [1.54, 1.807) is 0 Å². The first-order valence-electron chi connectivity index (χ1n) is 6.07. The Bertz CT molecular complexity index is 383. The Hall–Kier alpha value is -0.873. The van der Waals surface area contributed by atoms with Crippen molar-refractivity contribution in [3.8, 4) is 0 Å². The molecule has 1 aromatic rings. The van der Waals surface area contributed by atoms with Crippen molar-refractivity contribution in [2.45, 2.75) is 38.9 Å². The van der Waals surface area contributed by atoms with Crippen LogP contribution in [-0.2, 0) is 4.74 Å². The van der Waals surface area contributed by atoms with Gasteiger partial charge in [0.25, 0.3) is 0 Å². The summed E-state index contributed by atoms with van der Waals surface area (Å²) in [6.07, 6.45) is 2.95. The number of aldehydes is 1. The number of rotatable bonds is 6. The molecule has 3 nitrogen and oxygen atoms in total. The molecule has 0 spiro atoms. The minimum absolute atomic E-state index is 0.0831. The zero-order chi connectivity index (χ0) is 13.1. The van der Waals surface area contributed by atoms with Crippen LogP contribution in [0, 0.1) is 0 Å². The molecule has 0 bridgehead atoms. The fraction of sp³-hybridized carbons (Fsp3) is 0.615. The number of ether oxygens (including phenoxy) is 1. The van der Waals surface area contributed by atoms with Gasteiger partial charge in [-0.15, -0.1) is 0 Å². The summed E-state index contributed by atoms with van der Waals surface area (Å²) in [5, 5.41) is 0.0831. The van der Waals surface area contributed by atoms with Gasteiger partial charge in [-0.1, -0.05) is 26.9 Å². The van der Waals surface area contributed by atoms with E-state index in [0.29, 0.717) is 0 Å². The van der Waals surface area contributed by atoms with Gasteiger partial charge in [0.05, 0.1) is 12.3 Å². The highest BCUT2D eigenvalue weighted by Crippen LogP contribution is 2.38. The van der Waals surface area contributed by atoms with Crippen LogP contribution in [0.15, 0.2) is 18.3 Å². The lowest BCUT2D eigenvalue weighted by Gasteiger charge is -2.41. The lowest BCUT2D eigenvalue weighted by molar-refractivity contribution is 0.111. The predicted octanol–water partition coefficient (Wildman–Crippen LogP) is 3.17. The number of hydrogen-bond acceptors (Lipinski definition) is 2. The van der Waals surface area contributed by atoms with Gasteiger partial charge in [-0.3, -0.25) is 4.79 Å². The molecule has 0 radical (unpaired) electrons. The van der Waals surface area contributed by atoms with Crippen molar-refractivity contribution >= 4 is 14.5 Å². The molecule has 0 N–H and O–H groups in total. The maximum atomic E-state index is 11.0. The largest absolute Gasteiger partial charge is 0.381 e. The van der Waals surface area contributed by atoms with E-state index in [4.69, 9.17) is 4.74 Å². The molecule has 0 aliphatic heterocycles. The maximum absolute atomic E-state index is 11.0. The van der Waals surface area contributed by atoms with Gasteiger partial charge in [-0.05, 0) is 25.3 Å². The van der Waals surface area contributed by atoms with Gasteiger partial charge in [0, 0.05) is 11.6 Å². The Morgan fingerprint density at radius 2 is 2.12 bits per heavy atom. The molecule has 1 aromatic heterocycles. The van der Waals surface area contributed by atoms with Crippen LogP contribution in [0.5, 0.6) is 0 Å². The van der Waals surface area contributed by atoms with Gasteiger partial charge < -0.3 is 8.97 Å². The average molecular weight is 253 g/mol. The summed E-state index contributed by atoms with van der Waals surface area (Å²) in [6.45, 7) is 12.5. The van der Waals surface area contributed by atoms with Gasteiger partial charge in [-0.2, -0.15) is 0 Å². The van der Waals surface area contributed by atoms with E-state index in [1.165, 1.54) is 0 Å². The first-order chi connectivity index (χ1) is 7.86. The van der Waals surface area contributed by atoms with Crippen molar-refractivity contribution in [3.63, 3.8) is 0 Å². The standard InChI is InChI=1S/C13H23NO2Si/c1-6-16-11-13(2,3)17(4,5)14-9-7-8-12(14)10-15/h7-10H,6,11H2,1-5H3. The summed E-state index contributed by atoms with van der Waals surface area (Å²) in [7, 11) is -1.80.